The second kappa shape index (κ2) is 7.62. The highest BCUT2D eigenvalue weighted by molar-refractivity contribution is 5.95. The van der Waals surface area contributed by atoms with Crippen LogP contribution >= 0.6 is 0 Å². The normalized spacial score (nSPS) is 19.8. The molecule has 0 bridgehead atoms. The predicted molar refractivity (Wildman–Crippen MR) is 93.7 cm³/mol. The third kappa shape index (κ3) is 3.65. The van der Waals surface area contributed by atoms with Crippen molar-refractivity contribution in [2.45, 2.75) is 57.7 Å². The molecule has 1 atom stereocenters. The molecule has 2 aliphatic rings. The number of ether oxygens (including phenoxy) is 1. The number of carbonyl (C=O) groups excluding carboxylic acids is 1. The molecule has 0 spiro atoms. The Morgan fingerprint density at radius 3 is 2.89 bits per heavy atom. The third-order valence-electron chi connectivity index (χ3n) is 5.26. The fraction of sp³-hybridized carbons (Fsp3) is 0.526. The van der Waals surface area contributed by atoms with Crippen molar-refractivity contribution in [1.29, 1.82) is 0 Å². The molecular formula is C19H22F2N4O2. The minimum Gasteiger partial charge on any atom is -0.435 e. The van der Waals surface area contributed by atoms with Gasteiger partial charge in [0.2, 0.25) is 0 Å². The zero-order chi connectivity index (χ0) is 18.8. The van der Waals surface area contributed by atoms with Crippen LogP contribution in [0.4, 0.5) is 8.78 Å². The van der Waals surface area contributed by atoms with Crippen LogP contribution in [0.3, 0.4) is 0 Å². The van der Waals surface area contributed by atoms with Crippen LogP contribution in [0, 0.1) is 0 Å². The molecule has 0 N–H and O–H groups in total. The van der Waals surface area contributed by atoms with E-state index in [1.54, 1.807) is 17.0 Å². The lowest BCUT2D eigenvalue weighted by Gasteiger charge is -2.25. The molecule has 144 valence electrons. The van der Waals surface area contributed by atoms with Crippen molar-refractivity contribution in [3.63, 3.8) is 0 Å². The van der Waals surface area contributed by atoms with Gasteiger partial charge in [-0.05, 0) is 43.9 Å². The monoisotopic (exact) mass is 376 g/mol. The fourth-order valence-corrected chi connectivity index (χ4v) is 4.00. The molecule has 1 aromatic heterocycles. The summed E-state index contributed by atoms with van der Waals surface area (Å²) in [6.07, 6.45) is 6.00. The molecule has 1 aromatic carbocycles. The van der Waals surface area contributed by atoms with Crippen LogP contribution in [-0.2, 0) is 13.0 Å². The zero-order valence-corrected chi connectivity index (χ0v) is 15.0. The number of hydrogen-bond acceptors (Lipinski definition) is 4. The second-order valence-corrected chi connectivity index (χ2v) is 7.00. The highest BCUT2D eigenvalue weighted by Crippen LogP contribution is 2.34. The van der Waals surface area contributed by atoms with E-state index in [4.69, 9.17) is 0 Å². The smallest absolute Gasteiger partial charge is 0.387 e. The van der Waals surface area contributed by atoms with Crippen LogP contribution in [0.15, 0.2) is 24.3 Å². The number of carbonyl (C=O) groups is 1. The zero-order valence-electron chi connectivity index (χ0n) is 15.0. The fourth-order valence-electron chi connectivity index (χ4n) is 4.00. The van der Waals surface area contributed by atoms with E-state index in [0.29, 0.717) is 12.1 Å². The van der Waals surface area contributed by atoms with Crippen molar-refractivity contribution >= 4 is 5.91 Å². The molecule has 2 aliphatic heterocycles. The molecule has 1 fully saturated rings. The molecule has 0 saturated carbocycles. The highest BCUT2D eigenvalue weighted by Gasteiger charge is 2.35. The molecule has 6 nitrogen and oxygen atoms in total. The number of hydrogen-bond donors (Lipinski definition) is 0. The van der Waals surface area contributed by atoms with Gasteiger partial charge in [-0.1, -0.05) is 12.5 Å². The van der Waals surface area contributed by atoms with Gasteiger partial charge in [-0.15, -0.1) is 10.2 Å². The Labute approximate surface area is 156 Å². The second-order valence-electron chi connectivity index (χ2n) is 7.00. The van der Waals surface area contributed by atoms with E-state index in [2.05, 4.69) is 19.5 Å². The number of nitrogens with zero attached hydrogens (tertiary/aromatic N) is 4. The molecule has 8 heteroatoms. The van der Waals surface area contributed by atoms with Crippen molar-refractivity contribution in [3.05, 3.63) is 41.5 Å². The van der Waals surface area contributed by atoms with Gasteiger partial charge in [0, 0.05) is 25.1 Å². The minimum absolute atomic E-state index is 0.0112. The van der Waals surface area contributed by atoms with Crippen molar-refractivity contribution < 1.29 is 18.3 Å². The first-order valence-electron chi connectivity index (χ1n) is 9.41. The average molecular weight is 376 g/mol. The van der Waals surface area contributed by atoms with Gasteiger partial charge in [-0.25, -0.2) is 0 Å². The first-order chi connectivity index (χ1) is 13.1. The predicted octanol–water partition coefficient (Wildman–Crippen LogP) is 3.58. The van der Waals surface area contributed by atoms with Gasteiger partial charge < -0.3 is 14.2 Å². The van der Waals surface area contributed by atoms with Crippen molar-refractivity contribution in [3.8, 4) is 5.75 Å². The van der Waals surface area contributed by atoms with E-state index < -0.39 is 6.61 Å². The number of amides is 1. The van der Waals surface area contributed by atoms with E-state index in [0.717, 1.165) is 50.3 Å². The van der Waals surface area contributed by atoms with Crippen LogP contribution in [0.1, 0.15) is 60.2 Å². The number of halogens is 2. The molecule has 1 amide bonds. The number of rotatable bonds is 4. The van der Waals surface area contributed by atoms with Gasteiger partial charge >= 0.3 is 6.61 Å². The Balaban J connectivity index is 1.59. The first-order valence-corrected chi connectivity index (χ1v) is 9.41. The van der Waals surface area contributed by atoms with Crippen molar-refractivity contribution in [1.82, 2.24) is 19.7 Å². The molecule has 2 aromatic rings. The van der Waals surface area contributed by atoms with E-state index in [1.807, 2.05) is 0 Å². The van der Waals surface area contributed by atoms with Gasteiger partial charge in [0.15, 0.2) is 5.82 Å². The van der Waals surface area contributed by atoms with E-state index in [-0.39, 0.29) is 17.7 Å². The molecule has 0 aliphatic carbocycles. The summed E-state index contributed by atoms with van der Waals surface area (Å²) in [5, 5.41) is 8.75. The molecule has 1 saturated heterocycles. The Morgan fingerprint density at radius 1 is 1.15 bits per heavy atom. The quantitative estimate of drug-likeness (QED) is 0.818. The van der Waals surface area contributed by atoms with Crippen molar-refractivity contribution in [2.75, 3.05) is 6.54 Å². The number of likely N-dealkylation sites (tertiary alicyclic amines) is 1. The lowest BCUT2D eigenvalue weighted by atomic mass is 10.1. The summed E-state index contributed by atoms with van der Waals surface area (Å²) in [7, 11) is 0. The average Bonchev–Trinajstić information content (AvgIpc) is 3.21. The summed E-state index contributed by atoms with van der Waals surface area (Å²) in [6.45, 7) is -1.42. The highest BCUT2D eigenvalue weighted by atomic mass is 19.3. The Kier molecular flexibility index (Phi) is 5.05. The molecule has 1 unspecified atom stereocenters. The van der Waals surface area contributed by atoms with Crippen LogP contribution < -0.4 is 4.74 Å². The standard InChI is InChI=1S/C19H22F2N4O2/c20-19(21)27-14-7-4-6-13(12-14)18(26)24-11-5-8-15(24)17-23-22-16-9-2-1-3-10-25(16)17/h4,6-7,12,15,19H,1-3,5,8-11H2. The Morgan fingerprint density at radius 2 is 2.04 bits per heavy atom. The van der Waals surface area contributed by atoms with E-state index >= 15 is 0 Å². The SMILES string of the molecule is O=C(c1cccc(OC(F)F)c1)N1CCCC1c1nnc2n1CCCCC2. The van der Waals surface area contributed by atoms with Crippen molar-refractivity contribution in [2.24, 2.45) is 0 Å². The maximum atomic E-state index is 13.1. The summed E-state index contributed by atoms with van der Waals surface area (Å²) in [4.78, 5) is 14.8. The number of fused-ring (bicyclic) bond motifs is 1. The molecule has 0 radical (unpaired) electrons. The lowest BCUT2D eigenvalue weighted by molar-refractivity contribution is -0.0499. The number of aryl methyl sites for hydroxylation is 1. The first kappa shape index (κ1) is 17.9. The largest absolute Gasteiger partial charge is 0.435 e. The molecule has 27 heavy (non-hydrogen) atoms. The van der Waals surface area contributed by atoms with Gasteiger partial charge in [0.1, 0.15) is 11.6 Å². The van der Waals surface area contributed by atoms with Gasteiger partial charge in [0.05, 0.1) is 6.04 Å². The number of alkyl halides is 2. The lowest BCUT2D eigenvalue weighted by Crippen LogP contribution is -2.32. The molecular weight excluding hydrogens is 354 g/mol. The number of aromatic nitrogens is 3. The molecule has 4 rings (SSSR count). The summed E-state index contributed by atoms with van der Waals surface area (Å²) < 4.78 is 31.5. The summed E-state index contributed by atoms with van der Waals surface area (Å²) in [5.41, 5.74) is 0.343. The van der Waals surface area contributed by atoms with E-state index in [1.165, 1.54) is 18.6 Å². The number of benzene rings is 1. The van der Waals surface area contributed by atoms with E-state index in [9.17, 15) is 13.6 Å². The van der Waals surface area contributed by atoms with Gasteiger partial charge in [-0.3, -0.25) is 4.79 Å². The maximum absolute atomic E-state index is 13.1. The topological polar surface area (TPSA) is 60.2 Å². The van der Waals surface area contributed by atoms with Gasteiger partial charge in [0.25, 0.3) is 5.91 Å². The van der Waals surface area contributed by atoms with Crippen LogP contribution in [0.5, 0.6) is 5.75 Å². The summed E-state index contributed by atoms with van der Waals surface area (Å²) in [6, 6.07) is 5.84. The Hall–Kier alpha value is -2.51. The summed E-state index contributed by atoms with van der Waals surface area (Å²) in [5.74, 6) is 1.64. The van der Waals surface area contributed by atoms with Crippen LogP contribution in [0.2, 0.25) is 0 Å². The van der Waals surface area contributed by atoms with Gasteiger partial charge in [-0.2, -0.15) is 8.78 Å². The minimum atomic E-state index is -2.92. The van der Waals surface area contributed by atoms with Crippen LogP contribution in [-0.4, -0.2) is 38.7 Å². The Bertz CT molecular complexity index is 824. The third-order valence-corrected chi connectivity index (χ3v) is 5.26. The van der Waals surface area contributed by atoms with Crippen LogP contribution in [0.25, 0.3) is 0 Å². The molecule has 3 heterocycles. The maximum Gasteiger partial charge on any atom is 0.387 e. The summed E-state index contributed by atoms with van der Waals surface area (Å²) >= 11 is 0.